The number of carbonyl (C=O) groups is 1. The second-order valence-corrected chi connectivity index (χ2v) is 4.43. The van der Waals surface area contributed by atoms with Crippen LogP contribution in [0.25, 0.3) is 10.9 Å². The van der Waals surface area contributed by atoms with E-state index in [4.69, 9.17) is 10.5 Å². The van der Waals surface area contributed by atoms with Crippen LogP contribution in [-0.2, 0) is 11.2 Å². The van der Waals surface area contributed by atoms with E-state index in [-0.39, 0.29) is 12.3 Å². The number of aryl methyl sites for hydroxylation is 2. The number of aromatic nitrogens is 1. The van der Waals surface area contributed by atoms with Gasteiger partial charge in [-0.2, -0.15) is 0 Å². The Morgan fingerprint density at radius 3 is 2.67 bits per heavy atom. The van der Waals surface area contributed by atoms with Crippen molar-refractivity contribution >= 4 is 16.8 Å². The molecule has 0 atom stereocenters. The first-order chi connectivity index (χ1) is 8.51. The lowest BCUT2D eigenvalue weighted by Gasteiger charge is -2.11. The highest BCUT2D eigenvalue weighted by Gasteiger charge is 2.11. The van der Waals surface area contributed by atoms with E-state index in [9.17, 15) is 4.79 Å². The first kappa shape index (κ1) is 12.4. The van der Waals surface area contributed by atoms with Gasteiger partial charge in [-0.05, 0) is 31.0 Å². The maximum atomic E-state index is 11.1. The van der Waals surface area contributed by atoms with E-state index in [0.717, 1.165) is 33.5 Å². The van der Waals surface area contributed by atoms with Gasteiger partial charge in [0.05, 0.1) is 19.0 Å². The normalized spacial score (nSPS) is 10.6. The van der Waals surface area contributed by atoms with Crippen LogP contribution >= 0.6 is 0 Å². The molecule has 0 fully saturated rings. The average Bonchev–Trinajstić information content (AvgIpc) is 2.28. The highest BCUT2D eigenvalue weighted by atomic mass is 16.5. The number of pyridine rings is 1. The molecule has 1 heterocycles. The predicted molar refractivity (Wildman–Crippen MR) is 70.7 cm³/mol. The van der Waals surface area contributed by atoms with Crippen molar-refractivity contribution < 1.29 is 9.53 Å². The van der Waals surface area contributed by atoms with Crippen LogP contribution in [0.4, 0.5) is 0 Å². The molecule has 2 N–H and O–H groups in total. The summed E-state index contributed by atoms with van der Waals surface area (Å²) in [5, 5.41) is 0.916. The quantitative estimate of drug-likeness (QED) is 0.896. The Kier molecular flexibility index (Phi) is 3.19. The van der Waals surface area contributed by atoms with Crippen molar-refractivity contribution in [1.82, 2.24) is 4.98 Å². The van der Waals surface area contributed by atoms with E-state index in [1.54, 1.807) is 7.11 Å². The van der Waals surface area contributed by atoms with Crippen molar-refractivity contribution in [2.45, 2.75) is 20.3 Å². The molecule has 0 unspecified atom stereocenters. The number of nitrogens with two attached hydrogens (primary N) is 1. The van der Waals surface area contributed by atoms with Crippen molar-refractivity contribution in [1.29, 1.82) is 0 Å². The largest absolute Gasteiger partial charge is 0.496 e. The molecule has 1 aromatic carbocycles. The molecule has 0 saturated carbocycles. The van der Waals surface area contributed by atoms with Crippen molar-refractivity contribution in [2.24, 2.45) is 5.73 Å². The molecule has 0 aliphatic carbocycles. The standard InChI is InChI=1S/C14H16N2O2/c1-8-4-10(7-13(15)17)14-11(5-8)12(18-3)6-9(2)16-14/h4-6H,7H2,1-3H3,(H2,15,17). The molecule has 0 spiro atoms. The fourth-order valence-corrected chi connectivity index (χ4v) is 2.14. The Labute approximate surface area is 106 Å². The number of hydrogen-bond acceptors (Lipinski definition) is 3. The Morgan fingerprint density at radius 1 is 1.33 bits per heavy atom. The summed E-state index contributed by atoms with van der Waals surface area (Å²) >= 11 is 0. The number of primary amides is 1. The van der Waals surface area contributed by atoms with Crippen LogP contribution in [0, 0.1) is 13.8 Å². The van der Waals surface area contributed by atoms with Crippen LogP contribution in [0.5, 0.6) is 5.75 Å². The molecule has 2 aromatic rings. The van der Waals surface area contributed by atoms with E-state index in [2.05, 4.69) is 4.98 Å². The van der Waals surface area contributed by atoms with E-state index < -0.39 is 0 Å². The van der Waals surface area contributed by atoms with Gasteiger partial charge in [0.1, 0.15) is 5.75 Å². The molecule has 1 aromatic heterocycles. The third-order valence-electron chi connectivity index (χ3n) is 2.81. The number of ether oxygens (including phenoxy) is 1. The summed E-state index contributed by atoms with van der Waals surface area (Å²) in [6.45, 7) is 3.87. The van der Waals surface area contributed by atoms with E-state index >= 15 is 0 Å². The first-order valence-electron chi connectivity index (χ1n) is 5.74. The second-order valence-electron chi connectivity index (χ2n) is 4.43. The molecular weight excluding hydrogens is 228 g/mol. The van der Waals surface area contributed by atoms with Gasteiger partial charge in [0, 0.05) is 17.1 Å². The number of carbonyl (C=O) groups excluding carboxylic acids is 1. The van der Waals surface area contributed by atoms with Gasteiger partial charge in [-0.3, -0.25) is 9.78 Å². The Morgan fingerprint density at radius 2 is 2.06 bits per heavy atom. The summed E-state index contributed by atoms with van der Waals surface area (Å²) < 4.78 is 5.37. The minimum Gasteiger partial charge on any atom is -0.496 e. The molecule has 2 rings (SSSR count). The summed E-state index contributed by atoms with van der Waals surface area (Å²) in [5.74, 6) is 0.413. The van der Waals surface area contributed by atoms with Crippen LogP contribution in [0.1, 0.15) is 16.8 Å². The highest BCUT2D eigenvalue weighted by Crippen LogP contribution is 2.29. The third kappa shape index (κ3) is 2.27. The number of amides is 1. The molecule has 4 heteroatoms. The number of nitrogens with zero attached hydrogens (tertiary/aromatic N) is 1. The summed E-state index contributed by atoms with van der Waals surface area (Å²) in [6, 6.07) is 5.83. The second kappa shape index (κ2) is 4.64. The molecule has 18 heavy (non-hydrogen) atoms. The van der Waals surface area contributed by atoms with E-state index in [1.165, 1.54) is 0 Å². The molecule has 0 aliphatic heterocycles. The lowest BCUT2D eigenvalue weighted by atomic mass is 10.0. The molecule has 0 radical (unpaired) electrons. The van der Waals surface area contributed by atoms with Crippen molar-refractivity contribution in [3.05, 3.63) is 35.0 Å². The topological polar surface area (TPSA) is 65.2 Å². The SMILES string of the molecule is COc1cc(C)nc2c(CC(N)=O)cc(C)cc12. The summed E-state index contributed by atoms with van der Waals surface area (Å²) in [6.07, 6.45) is 0.192. The summed E-state index contributed by atoms with van der Waals surface area (Å²) in [5.41, 5.74) is 8.82. The minimum atomic E-state index is -0.357. The number of benzene rings is 1. The minimum absolute atomic E-state index is 0.192. The monoisotopic (exact) mass is 244 g/mol. The van der Waals surface area contributed by atoms with Crippen molar-refractivity contribution in [2.75, 3.05) is 7.11 Å². The molecule has 4 nitrogen and oxygen atoms in total. The zero-order valence-corrected chi connectivity index (χ0v) is 10.8. The lowest BCUT2D eigenvalue weighted by molar-refractivity contribution is -0.117. The van der Waals surface area contributed by atoms with Gasteiger partial charge in [-0.1, -0.05) is 6.07 Å². The molecule has 0 bridgehead atoms. The number of methoxy groups -OCH3 is 1. The van der Waals surface area contributed by atoms with Gasteiger partial charge < -0.3 is 10.5 Å². The molecular formula is C14H16N2O2. The molecule has 0 aliphatic rings. The molecule has 1 amide bonds. The molecule has 94 valence electrons. The maximum absolute atomic E-state index is 11.1. The maximum Gasteiger partial charge on any atom is 0.221 e. The fourth-order valence-electron chi connectivity index (χ4n) is 2.14. The van der Waals surface area contributed by atoms with E-state index in [1.807, 2.05) is 32.0 Å². The van der Waals surface area contributed by atoms with Gasteiger partial charge in [0.25, 0.3) is 0 Å². The zero-order valence-electron chi connectivity index (χ0n) is 10.8. The Hall–Kier alpha value is -2.10. The van der Waals surface area contributed by atoms with Crippen LogP contribution < -0.4 is 10.5 Å². The van der Waals surface area contributed by atoms with Gasteiger partial charge in [-0.15, -0.1) is 0 Å². The van der Waals surface area contributed by atoms with Crippen molar-refractivity contribution in [3.63, 3.8) is 0 Å². The van der Waals surface area contributed by atoms with Crippen LogP contribution in [0.2, 0.25) is 0 Å². The van der Waals surface area contributed by atoms with Gasteiger partial charge in [0.15, 0.2) is 0 Å². The number of rotatable bonds is 3. The van der Waals surface area contributed by atoms with Gasteiger partial charge in [0.2, 0.25) is 5.91 Å². The van der Waals surface area contributed by atoms with Crippen LogP contribution in [0.3, 0.4) is 0 Å². The Balaban J connectivity index is 2.77. The van der Waals surface area contributed by atoms with Crippen LogP contribution in [-0.4, -0.2) is 18.0 Å². The molecule has 0 saturated heterocycles. The lowest BCUT2D eigenvalue weighted by Crippen LogP contribution is -2.14. The fraction of sp³-hybridized carbons (Fsp3) is 0.286. The third-order valence-corrected chi connectivity index (χ3v) is 2.81. The smallest absolute Gasteiger partial charge is 0.221 e. The van der Waals surface area contributed by atoms with Gasteiger partial charge >= 0.3 is 0 Å². The summed E-state index contributed by atoms with van der Waals surface area (Å²) in [4.78, 5) is 15.6. The average molecular weight is 244 g/mol. The number of fused-ring (bicyclic) bond motifs is 1. The Bertz CT molecular complexity index is 621. The highest BCUT2D eigenvalue weighted by molar-refractivity contribution is 5.91. The number of hydrogen-bond donors (Lipinski definition) is 1. The van der Waals surface area contributed by atoms with Crippen LogP contribution in [0.15, 0.2) is 18.2 Å². The first-order valence-corrected chi connectivity index (χ1v) is 5.74. The predicted octanol–water partition coefficient (Wildman–Crippen LogP) is 1.89. The van der Waals surface area contributed by atoms with Crippen molar-refractivity contribution in [3.8, 4) is 5.75 Å². The zero-order chi connectivity index (χ0) is 13.3. The van der Waals surface area contributed by atoms with E-state index in [0.29, 0.717) is 0 Å². The summed E-state index contributed by atoms with van der Waals surface area (Å²) in [7, 11) is 1.63. The van der Waals surface area contributed by atoms with Gasteiger partial charge in [-0.25, -0.2) is 0 Å².